The molecule has 0 aliphatic heterocycles. The first kappa shape index (κ1) is 13.8. The van der Waals surface area contributed by atoms with E-state index < -0.39 is 0 Å². The minimum Gasteiger partial charge on any atom is -0.348 e. The smallest absolute Gasteiger partial charge is 0.224 e. The highest BCUT2D eigenvalue weighted by Gasteiger charge is 2.13. The molecule has 1 atom stereocenters. The van der Waals surface area contributed by atoms with Crippen molar-refractivity contribution in [2.24, 2.45) is 0 Å². The van der Waals surface area contributed by atoms with Gasteiger partial charge in [-0.25, -0.2) is 0 Å². The Labute approximate surface area is 122 Å². The number of hydrogen-bond donors (Lipinski definition) is 1. The summed E-state index contributed by atoms with van der Waals surface area (Å²) in [7, 11) is 0. The van der Waals surface area contributed by atoms with E-state index in [4.69, 9.17) is 0 Å². The molecule has 1 unspecified atom stereocenters. The topological polar surface area (TPSA) is 29.1 Å². The third-order valence-corrected chi connectivity index (χ3v) is 3.55. The van der Waals surface area contributed by atoms with E-state index in [9.17, 15) is 4.79 Å². The fraction of sp³-hybridized carbons (Fsp3) is 0.188. The first-order valence-electron chi connectivity index (χ1n) is 6.24. The minimum atomic E-state index is 0.0115. The molecule has 0 saturated carbocycles. The maximum atomic E-state index is 12.0. The number of amides is 1. The quantitative estimate of drug-likeness (QED) is 0.840. The van der Waals surface area contributed by atoms with Crippen LogP contribution in [0.3, 0.4) is 0 Å². The number of carbonyl (C=O) groups is 1. The van der Waals surface area contributed by atoms with E-state index in [0.717, 1.165) is 11.1 Å². The first-order valence-corrected chi connectivity index (χ1v) is 7.36. The Morgan fingerprint density at radius 2 is 1.58 bits per heavy atom. The predicted molar refractivity (Wildman–Crippen MR) is 81.3 cm³/mol. The Morgan fingerprint density at radius 3 is 2.16 bits per heavy atom. The van der Waals surface area contributed by atoms with Crippen molar-refractivity contribution in [2.75, 3.05) is 5.33 Å². The maximum Gasteiger partial charge on any atom is 0.224 e. The van der Waals surface area contributed by atoms with Gasteiger partial charge in [0.2, 0.25) is 5.91 Å². The zero-order chi connectivity index (χ0) is 13.5. The lowest BCUT2D eigenvalue weighted by Crippen LogP contribution is -2.30. The highest BCUT2D eigenvalue weighted by atomic mass is 79.9. The molecule has 1 amide bonds. The fourth-order valence-electron chi connectivity index (χ4n) is 1.92. The van der Waals surface area contributed by atoms with Gasteiger partial charge in [-0.3, -0.25) is 4.79 Å². The molecule has 0 aliphatic rings. The molecule has 2 rings (SSSR count). The Hall–Kier alpha value is -1.61. The predicted octanol–water partition coefficient (Wildman–Crippen LogP) is 3.48. The van der Waals surface area contributed by atoms with Crippen LogP contribution in [0.5, 0.6) is 0 Å². The molecule has 0 radical (unpaired) electrons. The maximum absolute atomic E-state index is 12.0. The van der Waals surface area contributed by atoms with E-state index in [1.165, 1.54) is 0 Å². The van der Waals surface area contributed by atoms with Crippen molar-refractivity contribution < 1.29 is 4.79 Å². The number of rotatable bonds is 5. The number of benzene rings is 2. The second kappa shape index (κ2) is 7.10. The van der Waals surface area contributed by atoms with Crippen molar-refractivity contribution in [3.8, 4) is 0 Å². The number of halogens is 1. The van der Waals surface area contributed by atoms with Crippen LogP contribution in [-0.2, 0) is 11.2 Å². The highest BCUT2D eigenvalue weighted by molar-refractivity contribution is 9.09. The van der Waals surface area contributed by atoms with Crippen molar-refractivity contribution in [3.05, 3.63) is 71.8 Å². The number of nitrogens with one attached hydrogen (secondary N) is 1. The van der Waals surface area contributed by atoms with Crippen LogP contribution < -0.4 is 5.32 Å². The van der Waals surface area contributed by atoms with Gasteiger partial charge in [0.15, 0.2) is 0 Å². The van der Waals surface area contributed by atoms with Gasteiger partial charge in [0.05, 0.1) is 12.5 Å². The molecular formula is C16H16BrNO. The van der Waals surface area contributed by atoms with Gasteiger partial charge in [0.1, 0.15) is 0 Å². The van der Waals surface area contributed by atoms with Crippen LogP contribution in [0.25, 0.3) is 0 Å². The molecule has 1 N–H and O–H groups in total. The largest absolute Gasteiger partial charge is 0.348 e. The second-order valence-corrected chi connectivity index (χ2v) is 4.99. The Kier molecular flexibility index (Phi) is 5.16. The fourth-order valence-corrected chi connectivity index (χ4v) is 2.46. The van der Waals surface area contributed by atoms with Crippen molar-refractivity contribution in [1.29, 1.82) is 0 Å². The third-order valence-electron chi connectivity index (χ3n) is 2.90. The molecule has 0 aromatic heterocycles. The zero-order valence-corrected chi connectivity index (χ0v) is 12.1. The van der Waals surface area contributed by atoms with E-state index >= 15 is 0 Å². The van der Waals surface area contributed by atoms with Gasteiger partial charge in [-0.05, 0) is 11.1 Å². The average Bonchev–Trinajstić information content (AvgIpc) is 2.47. The first-order chi connectivity index (χ1) is 9.29. The summed E-state index contributed by atoms with van der Waals surface area (Å²) >= 11 is 3.45. The summed E-state index contributed by atoms with van der Waals surface area (Å²) in [6.45, 7) is 0. The van der Waals surface area contributed by atoms with Crippen LogP contribution in [0.2, 0.25) is 0 Å². The Morgan fingerprint density at radius 1 is 1.00 bits per heavy atom. The summed E-state index contributed by atoms with van der Waals surface area (Å²) in [6.07, 6.45) is 0.414. The van der Waals surface area contributed by atoms with E-state index in [-0.39, 0.29) is 11.9 Å². The molecule has 0 spiro atoms. The van der Waals surface area contributed by atoms with Gasteiger partial charge in [-0.1, -0.05) is 76.6 Å². The zero-order valence-electron chi connectivity index (χ0n) is 10.6. The van der Waals surface area contributed by atoms with Crippen LogP contribution >= 0.6 is 15.9 Å². The molecule has 0 fully saturated rings. The average molecular weight is 318 g/mol. The lowest BCUT2D eigenvalue weighted by atomic mass is 10.1. The van der Waals surface area contributed by atoms with Crippen LogP contribution in [0.15, 0.2) is 60.7 Å². The molecule has 0 aliphatic carbocycles. The molecule has 2 aromatic carbocycles. The molecule has 2 aromatic rings. The minimum absolute atomic E-state index is 0.0115. The van der Waals surface area contributed by atoms with Gasteiger partial charge in [-0.2, -0.15) is 0 Å². The van der Waals surface area contributed by atoms with E-state index in [1.807, 2.05) is 60.7 Å². The molecule has 98 valence electrons. The second-order valence-electron chi connectivity index (χ2n) is 4.35. The van der Waals surface area contributed by atoms with Gasteiger partial charge < -0.3 is 5.32 Å². The molecular weight excluding hydrogens is 302 g/mol. The van der Waals surface area contributed by atoms with Crippen LogP contribution in [-0.4, -0.2) is 11.2 Å². The Bertz CT molecular complexity index is 513. The SMILES string of the molecule is O=C(Cc1ccccc1)NC(CBr)c1ccccc1. The van der Waals surface area contributed by atoms with Crippen LogP contribution in [0.1, 0.15) is 17.2 Å². The lowest BCUT2D eigenvalue weighted by molar-refractivity contribution is -0.121. The molecule has 0 bridgehead atoms. The van der Waals surface area contributed by atoms with E-state index in [1.54, 1.807) is 0 Å². The molecule has 2 nitrogen and oxygen atoms in total. The lowest BCUT2D eigenvalue weighted by Gasteiger charge is -2.16. The van der Waals surface area contributed by atoms with Gasteiger partial charge in [0.25, 0.3) is 0 Å². The molecule has 0 saturated heterocycles. The third kappa shape index (κ3) is 4.21. The summed E-state index contributed by atoms with van der Waals surface area (Å²) in [5, 5.41) is 3.75. The van der Waals surface area contributed by atoms with Gasteiger partial charge >= 0.3 is 0 Å². The number of hydrogen-bond acceptors (Lipinski definition) is 1. The van der Waals surface area contributed by atoms with Crippen LogP contribution in [0.4, 0.5) is 0 Å². The monoisotopic (exact) mass is 317 g/mol. The van der Waals surface area contributed by atoms with E-state index in [0.29, 0.717) is 11.8 Å². The highest BCUT2D eigenvalue weighted by Crippen LogP contribution is 2.15. The van der Waals surface area contributed by atoms with E-state index in [2.05, 4.69) is 21.2 Å². The van der Waals surface area contributed by atoms with Gasteiger partial charge in [0, 0.05) is 5.33 Å². The standard InChI is InChI=1S/C16H16BrNO/c17-12-15(14-9-5-2-6-10-14)18-16(19)11-13-7-3-1-4-8-13/h1-10,15H,11-12H2,(H,18,19). The van der Waals surface area contributed by atoms with Crippen molar-refractivity contribution in [3.63, 3.8) is 0 Å². The molecule has 3 heteroatoms. The summed E-state index contributed by atoms with van der Waals surface area (Å²) in [5.41, 5.74) is 2.14. The summed E-state index contributed by atoms with van der Waals surface area (Å²) < 4.78 is 0. The summed E-state index contributed by atoms with van der Waals surface area (Å²) in [4.78, 5) is 12.0. The van der Waals surface area contributed by atoms with Crippen molar-refractivity contribution >= 4 is 21.8 Å². The summed E-state index contributed by atoms with van der Waals surface area (Å²) in [6, 6.07) is 19.8. The number of alkyl halides is 1. The van der Waals surface area contributed by atoms with Gasteiger partial charge in [-0.15, -0.1) is 0 Å². The normalized spacial score (nSPS) is 11.8. The molecule has 0 heterocycles. The number of carbonyl (C=O) groups excluding carboxylic acids is 1. The molecule has 19 heavy (non-hydrogen) atoms. The summed E-state index contributed by atoms with van der Waals surface area (Å²) in [5.74, 6) is 0.0412. The van der Waals surface area contributed by atoms with Crippen molar-refractivity contribution in [1.82, 2.24) is 5.32 Å². The van der Waals surface area contributed by atoms with Crippen LogP contribution in [0, 0.1) is 0 Å². The van der Waals surface area contributed by atoms with Crippen molar-refractivity contribution in [2.45, 2.75) is 12.5 Å². The Balaban J connectivity index is 1.97.